The van der Waals surface area contributed by atoms with Crippen molar-refractivity contribution in [1.29, 1.82) is 0 Å². The molecular formula is C42H73N3O8. The molecule has 0 aromatic carbocycles. The minimum absolute atomic E-state index is 0.0907. The minimum Gasteiger partial charge on any atom is -0.466 e. The molecule has 11 nitrogen and oxygen atoms in total. The molecule has 4 fully saturated rings. The lowest BCUT2D eigenvalue weighted by molar-refractivity contribution is -0.225. The molecule has 0 bridgehead atoms. The Bertz CT molecular complexity index is 1200. The van der Waals surface area contributed by atoms with Gasteiger partial charge in [-0.2, -0.15) is 0 Å². The molecule has 2 unspecified atom stereocenters. The predicted octanol–water partition coefficient (Wildman–Crippen LogP) is 6.36. The lowest BCUT2D eigenvalue weighted by Gasteiger charge is -2.64. The van der Waals surface area contributed by atoms with Crippen LogP contribution in [0.5, 0.6) is 0 Å². The smallest absolute Gasteiger partial charge is 0.307 e. The normalized spacial score (nSPS) is 33.9. The van der Waals surface area contributed by atoms with Gasteiger partial charge in [0.15, 0.2) is 0 Å². The van der Waals surface area contributed by atoms with Gasteiger partial charge in [-0.05, 0) is 92.8 Å². The van der Waals surface area contributed by atoms with Crippen LogP contribution >= 0.6 is 0 Å². The highest BCUT2D eigenvalue weighted by Gasteiger charge is 2.67. The number of hydrogen-bond acceptors (Lipinski definition) is 11. The quantitative estimate of drug-likeness (QED) is 0.0675. The molecule has 11 atom stereocenters. The van der Waals surface area contributed by atoms with Crippen molar-refractivity contribution in [3.8, 4) is 0 Å². The Morgan fingerprint density at radius 2 is 1.32 bits per heavy atom. The standard InChI is InChI=1S/C42H73N3O8/c1-5-6-7-8-9-10-11-24-50-36(46)15-12-28(2)31-13-14-32-40-33(27-35(42(31,32)4)53-39(49)19-23-45)41(3)20-16-30(51-37(47)17-21-43)25-29(41)26-34(40)52-38(48)18-22-44/h28-35,40H,5-27,43-45H2,1-4H3/t28-,29?,30-,31-,32+,33+,34-,35+,40?,41+,42-/m1/s1. The zero-order valence-electron chi connectivity index (χ0n) is 33.5. The monoisotopic (exact) mass is 748 g/mol. The largest absolute Gasteiger partial charge is 0.466 e. The fourth-order valence-corrected chi connectivity index (χ4v) is 11.4. The second-order valence-electron chi connectivity index (χ2n) is 17.4. The number of carbonyl (C=O) groups excluding carboxylic acids is 4. The van der Waals surface area contributed by atoms with Crippen LogP contribution in [-0.4, -0.2) is 68.4 Å². The molecule has 0 aliphatic heterocycles. The van der Waals surface area contributed by atoms with Crippen LogP contribution in [0, 0.1) is 46.3 Å². The van der Waals surface area contributed by atoms with Crippen molar-refractivity contribution in [2.45, 2.75) is 168 Å². The SMILES string of the molecule is CCCCCCCCCOC(=O)CC[C@@H](C)[C@H]1CC[C@H]2C3[C@H](OC(=O)CCN)CC4C[C@H](OC(=O)CCN)CC[C@]4(C)[C@H]3C[C@H](OC(=O)CCN)[C@]12C. The fourth-order valence-electron chi connectivity index (χ4n) is 11.4. The van der Waals surface area contributed by atoms with Crippen molar-refractivity contribution in [3.63, 3.8) is 0 Å². The van der Waals surface area contributed by atoms with Crippen molar-refractivity contribution in [1.82, 2.24) is 0 Å². The van der Waals surface area contributed by atoms with E-state index in [9.17, 15) is 19.2 Å². The highest BCUT2D eigenvalue weighted by Crippen LogP contribution is 2.69. The van der Waals surface area contributed by atoms with Gasteiger partial charge in [-0.1, -0.05) is 66.2 Å². The third-order valence-electron chi connectivity index (χ3n) is 14.2. The maximum atomic E-state index is 13.2. The van der Waals surface area contributed by atoms with Gasteiger partial charge in [0.25, 0.3) is 0 Å². The molecule has 0 heterocycles. The number of carbonyl (C=O) groups is 4. The van der Waals surface area contributed by atoms with E-state index >= 15 is 0 Å². The maximum Gasteiger partial charge on any atom is 0.307 e. The van der Waals surface area contributed by atoms with Gasteiger partial charge in [0.2, 0.25) is 0 Å². The summed E-state index contributed by atoms with van der Waals surface area (Å²) < 4.78 is 24.4. The first-order chi connectivity index (χ1) is 25.4. The van der Waals surface area contributed by atoms with E-state index in [2.05, 4.69) is 27.7 Å². The summed E-state index contributed by atoms with van der Waals surface area (Å²) in [5.74, 6) is -0.00201. The average molecular weight is 748 g/mol. The summed E-state index contributed by atoms with van der Waals surface area (Å²) in [6, 6.07) is 0. The molecular weight excluding hydrogens is 674 g/mol. The van der Waals surface area contributed by atoms with Crippen LogP contribution in [0.1, 0.15) is 150 Å². The molecule has 4 saturated carbocycles. The Kier molecular flexibility index (Phi) is 16.9. The average Bonchev–Trinajstić information content (AvgIpc) is 3.47. The van der Waals surface area contributed by atoms with Crippen molar-refractivity contribution in [2.75, 3.05) is 26.2 Å². The van der Waals surface area contributed by atoms with Gasteiger partial charge in [0.05, 0.1) is 25.9 Å². The number of unbranched alkanes of at least 4 members (excludes halogenated alkanes) is 6. The summed E-state index contributed by atoms with van der Waals surface area (Å²) in [6.07, 6.45) is 14.6. The van der Waals surface area contributed by atoms with Gasteiger partial charge < -0.3 is 36.1 Å². The molecule has 304 valence electrons. The molecule has 4 aliphatic carbocycles. The lowest BCUT2D eigenvalue weighted by Crippen LogP contribution is -2.63. The van der Waals surface area contributed by atoms with E-state index in [1.807, 2.05) is 0 Å². The number of rotatable bonds is 21. The molecule has 0 aromatic rings. The van der Waals surface area contributed by atoms with Gasteiger partial charge in [-0.15, -0.1) is 0 Å². The molecule has 0 saturated heterocycles. The van der Waals surface area contributed by atoms with E-state index in [0.29, 0.717) is 38.7 Å². The van der Waals surface area contributed by atoms with E-state index < -0.39 is 0 Å². The minimum atomic E-state index is -0.372. The van der Waals surface area contributed by atoms with E-state index in [0.717, 1.165) is 38.5 Å². The Morgan fingerprint density at radius 1 is 0.698 bits per heavy atom. The molecule has 0 amide bonds. The summed E-state index contributed by atoms with van der Waals surface area (Å²) >= 11 is 0. The lowest BCUT2D eigenvalue weighted by atomic mass is 9.43. The van der Waals surface area contributed by atoms with Gasteiger partial charge in [0.1, 0.15) is 18.3 Å². The van der Waals surface area contributed by atoms with Gasteiger partial charge in [-0.25, -0.2) is 0 Å². The van der Waals surface area contributed by atoms with Crippen LogP contribution < -0.4 is 17.2 Å². The first kappa shape index (κ1) is 43.5. The van der Waals surface area contributed by atoms with Crippen molar-refractivity contribution in [2.24, 2.45) is 63.5 Å². The van der Waals surface area contributed by atoms with Crippen LogP contribution in [0.25, 0.3) is 0 Å². The van der Waals surface area contributed by atoms with Crippen LogP contribution in [0.3, 0.4) is 0 Å². The summed E-state index contributed by atoms with van der Waals surface area (Å²) in [5, 5.41) is 0. The molecule has 11 heteroatoms. The zero-order chi connectivity index (χ0) is 38.6. The number of hydrogen-bond donors (Lipinski definition) is 3. The second-order valence-corrected chi connectivity index (χ2v) is 17.4. The van der Waals surface area contributed by atoms with E-state index in [4.69, 9.17) is 36.1 Å². The topological polar surface area (TPSA) is 183 Å². The van der Waals surface area contributed by atoms with Crippen LogP contribution in [0.2, 0.25) is 0 Å². The van der Waals surface area contributed by atoms with Crippen LogP contribution in [-0.2, 0) is 38.1 Å². The predicted molar refractivity (Wildman–Crippen MR) is 204 cm³/mol. The van der Waals surface area contributed by atoms with Gasteiger partial charge >= 0.3 is 23.9 Å². The third-order valence-corrected chi connectivity index (χ3v) is 14.2. The maximum absolute atomic E-state index is 13.2. The number of esters is 4. The Hall–Kier alpha value is -2.24. The van der Waals surface area contributed by atoms with E-state index in [1.165, 1.54) is 32.1 Å². The molecule has 4 aliphatic rings. The van der Waals surface area contributed by atoms with E-state index in [-0.39, 0.29) is 127 Å². The molecule has 0 radical (unpaired) electrons. The third kappa shape index (κ3) is 10.7. The van der Waals surface area contributed by atoms with Gasteiger partial charge in [0, 0.05) is 37.4 Å². The molecule has 53 heavy (non-hydrogen) atoms. The molecule has 0 spiro atoms. The highest BCUT2D eigenvalue weighted by atomic mass is 16.6. The summed E-state index contributed by atoms with van der Waals surface area (Å²) in [5.41, 5.74) is 16.8. The van der Waals surface area contributed by atoms with Crippen molar-refractivity contribution < 1.29 is 38.1 Å². The fraction of sp³-hybridized carbons (Fsp3) is 0.905. The molecule has 6 N–H and O–H groups in total. The number of ether oxygens (including phenoxy) is 4. The van der Waals surface area contributed by atoms with Crippen molar-refractivity contribution in [3.05, 3.63) is 0 Å². The summed E-state index contributed by atoms with van der Waals surface area (Å²) in [7, 11) is 0. The van der Waals surface area contributed by atoms with Crippen LogP contribution in [0.4, 0.5) is 0 Å². The first-order valence-electron chi connectivity index (χ1n) is 21.3. The van der Waals surface area contributed by atoms with Crippen molar-refractivity contribution >= 4 is 23.9 Å². The summed E-state index contributed by atoms with van der Waals surface area (Å²) in [6.45, 7) is 10.3. The second kappa shape index (κ2) is 20.6. The first-order valence-corrected chi connectivity index (χ1v) is 21.3. The highest BCUT2D eigenvalue weighted by molar-refractivity contribution is 5.71. The Labute approximate surface area is 319 Å². The summed E-state index contributed by atoms with van der Waals surface area (Å²) in [4.78, 5) is 51.7. The van der Waals surface area contributed by atoms with E-state index in [1.54, 1.807) is 0 Å². The van der Waals surface area contributed by atoms with Gasteiger partial charge in [-0.3, -0.25) is 19.2 Å². The van der Waals surface area contributed by atoms with Crippen LogP contribution in [0.15, 0.2) is 0 Å². The molecule has 4 rings (SSSR count). The number of fused-ring (bicyclic) bond motifs is 5. The Balaban J connectivity index is 1.53. The molecule has 0 aromatic heterocycles. The Morgan fingerprint density at radius 3 is 1.98 bits per heavy atom. The zero-order valence-corrected chi connectivity index (χ0v) is 33.5. The number of nitrogens with two attached hydrogens (primary N) is 3.